The highest BCUT2D eigenvalue weighted by Gasteiger charge is 2.24. The van der Waals surface area contributed by atoms with Crippen molar-refractivity contribution >= 4 is 11.6 Å². The molecule has 0 saturated heterocycles. The molecule has 0 atom stereocenters. The van der Waals surface area contributed by atoms with Crippen LogP contribution in [0.3, 0.4) is 0 Å². The van der Waals surface area contributed by atoms with Crippen LogP contribution >= 0.6 is 0 Å². The lowest BCUT2D eigenvalue weighted by Gasteiger charge is -2.17. The Morgan fingerprint density at radius 3 is 2.84 bits per heavy atom. The molecule has 1 amide bonds. The normalized spacial score (nSPS) is 13.4. The van der Waals surface area contributed by atoms with Crippen molar-refractivity contribution in [3.8, 4) is 0 Å². The number of rotatable bonds is 2. The van der Waals surface area contributed by atoms with Gasteiger partial charge in [-0.05, 0) is 35.7 Å². The van der Waals surface area contributed by atoms with E-state index in [4.69, 9.17) is 5.73 Å². The first-order chi connectivity index (χ1) is 9.29. The summed E-state index contributed by atoms with van der Waals surface area (Å²) in [6.45, 7) is 1.21. The van der Waals surface area contributed by atoms with Crippen LogP contribution in [0.2, 0.25) is 0 Å². The molecule has 2 aromatic rings. The number of hydrogen-bond acceptors (Lipinski definition) is 2. The minimum absolute atomic E-state index is 0.0558. The number of para-hydroxylation sites is 1. The van der Waals surface area contributed by atoms with E-state index in [2.05, 4.69) is 6.07 Å². The van der Waals surface area contributed by atoms with Crippen molar-refractivity contribution in [2.75, 3.05) is 11.4 Å². The van der Waals surface area contributed by atoms with Crippen molar-refractivity contribution in [3.05, 3.63) is 65.2 Å². The maximum absolute atomic E-state index is 12.6. The van der Waals surface area contributed by atoms with Gasteiger partial charge in [-0.3, -0.25) is 4.79 Å². The van der Waals surface area contributed by atoms with Gasteiger partial charge in [-0.25, -0.2) is 0 Å². The predicted molar refractivity (Wildman–Crippen MR) is 76.2 cm³/mol. The van der Waals surface area contributed by atoms with Gasteiger partial charge in [0.25, 0.3) is 5.91 Å². The summed E-state index contributed by atoms with van der Waals surface area (Å²) in [6.07, 6.45) is 0.929. The number of amides is 1. The van der Waals surface area contributed by atoms with Crippen LogP contribution in [0.15, 0.2) is 48.5 Å². The van der Waals surface area contributed by atoms with E-state index in [1.807, 2.05) is 47.4 Å². The highest BCUT2D eigenvalue weighted by molar-refractivity contribution is 6.07. The van der Waals surface area contributed by atoms with Gasteiger partial charge in [-0.1, -0.05) is 30.3 Å². The second kappa shape index (κ2) is 4.86. The van der Waals surface area contributed by atoms with Gasteiger partial charge in [0.2, 0.25) is 0 Å². The van der Waals surface area contributed by atoms with Gasteiger partial charge < -0.3 is 10.6 Å². The minimum Gasteiger partial charge on any atom is -0.326 e. The average molecular weight is 252 g/mol. The number of fused-ring (bicyclic) bond motifs is 1. The van der Waals surface area contributed by atoms with Gasteiger partial charge in [-0.15, -0.1) is 0 Å². The van der Waals surface area contributed by atoms with Crippen molar-refractivity contribution < 1.29 is 4.79 Å². The first-order valence-electron chi connectivity index (χ1n) is 6.48. The van der Waals surface area contributed by atoms with Gasteiger partial charge in [-0.2, -0.15) is 0 Å². The molecule has 0 aromatic heterocycles. The maximum atomic E-state index is 12.6. The smallest absolute Gasteiger partial charge is 0.258 e. The molecule has 0 aliphatic carbocycles. The lowest BCUT2D eigenvalue weighted by molar-refractivity contribution is 0.0989. The molecule has 0 saturated carbocycles. The summed E-state index contributed by atoms with van der Waals surface area (Å²) >= 11 is 0. The topological polar surface area (TPSA) is 46.3 Å². The molecule has 0 unspecified atom stereocenters. The van der Waals surface area contributed by atoms with Crippen LogP contribution in [0.25, 0.3) is 0 Å². The first kappa shape index (κ1) is 11.9. The molecule has 1 aliphatic heterocycles. The van der Waals surface area contributed by atoms with Crippen LogP contribution in [-0.2, 0) is 13.0 Å². The van der Waals surface area contributed by atoms with E-state index in [1.165, 1.54) is 5.56 Å². The number of carbonyl (C=O) groups excluding carboxylic acids is 1. The molecule has 0 radical (unpaired) electrons. The summed E-state index contributed by atoms with van der Waals surface area (Å²) in [6, 6.07) is 15.6. The SMILES string of the molecule is NCc1cccc(C(=O)N2CCc3ccccc32)c1. The lowest BCUT2D eigenvalue weighted by Crippen LogP contribution is -2.28. The van der Waals surface area contributed by atoms with E-state index in [0.717, 1.165) is 24.2 Å². The van der Waals surface area contributed by atoms with E-state index >= 15 is 0 Å². The van der Waals surface area contributed by atoms with Gasteiger partial charge in [0.05, 0.1) is 0 Å². The summed E-state index contributed by atoms with van der Waals surface area (Å²) in [5, 5.41) is 0. The molecule has 3 rings (SSSR count). The number of nitrogens with zero attached hydrogens (tertiary/aromatic N) is 1. The van der Waals surface area contributed by atoms with Gasteiger partial charge in [0.1, 0.15) is 0 Å². The lowest BCUT2D eigenvalue weighted by atomic mass is 10.1. The molecular formula is C16H16N2O. The Morgan fingerprint density at radius 2 is 2.00 bits per heavy atom. The van der Waals surface area contributed by atoms with Crippen LogP contribution in [0, 0.1) is 0 Å². The fraction of sp³-hybridized carbons (Fsp3) is 0.188. The summed E-state index contributed by atoms with van der Waals surface area (Å²) in [5.74, 6) is 0.0558. The Hall–Kier alpha value is -2.13. The molecule has 2 aromatic carbocycles. The summed E-state index contributed by atoms with van der Waals surface area (Å²) in [4.78, 5) is 14.4. The third kappa shape index (κ3) is 2.13. The fourth-order valence-corrected chi connectivity index (χ4v) is 2.54. The maximum Gasteiger partial charge on any atom is 0.258 e. The zero-order chi connectivity index (χ0) is 13.2. The van der Waals surface area contributed by atoms with Crippen LogP contribution in [0.5, 0.6) is 0 Å². The second-order valence-corrected chi connectivity index (χ2v) is 4.74. The average Bonchev–Trinajstić information content (AvgIpc) is 2.90. The van der Waals surface area contributed by atoms with E-state index in [0.29, 0.717) is 12.1 Å². The first-order valence-corrected chi connectivity index (χ1v) is 6.48. The molecule has 0 bridgehead atoms. The number of hydrogen-bond donors (Lipinski definition) is 1. The fourth-order valence-electron chi connectivity index (χ4n) is 2.54. The van der Waals surface area contributed by atoms with E-state index in [9.17, 15) is 4.79 Å². The van der Waals surface area contributed by atoms with Crippen molar-refractivity contribution in [3.63, 3.8) is 0 Å². The number of nitrogens with two attached hydrogens (primary N) is 1. The number of benzene rings is 2. The van der Waals surface area contributed by atoms with Crippen LogP contribution in [0.1, 0.15) is 21.5 Å². The molecule has 3 heteroatoms. The summed E-state index contributed by atoms with van der Waals surface area (Å²) < 4.78 is 0. The molecule has 1 aliphatic rings. The predicted octanol–water partition coefficient (Wildman–Crippen LogP) is 2.35. The monoisotopic (exact) mass is 252 g/mol. The zero-order valence-corrected chi connectivity index (χ0v) is 10.7. The van der Waals surface area contributed by atoms with E-state index in [1.54, 1.807) is 0 Å². The van der Waals surface area contributed by atoms with E-state index < -0.39 is 0 Å². The van der Waals surface area contributed by atoms with Crippen molar-refractivity contribution in [1.82, 2.24) is 0 Å². The van der Waals surface area contributed by atoms with Gasteiger partial charge in [0.15, 0.2) is 0 Å². The second-order valence-electron chi connectivity index (χ2n) is 4.74. The highest BCUT2D eigenvalue weighted by Crippen LogP contribution is 2.28. The van der Waals surface area contributed by atoms with Gasteiger partial charge >= 0.3 is 0 Å². The Kier molecular flexibility index (Phi) is 3.05. The third-order valence-corrected chi connectivity index (χ3v) is 3.54. The molecule has 0 spiro atoms. The minimum atomic E-state index is 0.0558. The number of carbonyl (C=O) groups is 1. The Labute approximate surface area is 112 Å². The molecular weight excluding hydrogens is 236 g/mol. The van der Waals surface area contributed by atoms with Crippen LogP contribution < -0.4 is 10.6 Å². The largest absolute Gasteiger partial charge is 0.326 e. The Bertz CT molecular complexity index is 622. The van der Waals surface area contributed by atoms with Crippen molar-refractivity contribution in [2.24, 2.45) is 5.73 Å². The molecule has 19 heavy (non-hydrogen) atoms. The van der Waals surface area contributed by atoms with E-state index in [-0.39, 0.29) is 5.91 Å². The quantitative estimate of drug-likeness (QED) is 0.891. The molecule has 0 fully saturated rings. The van der Waals surface area contributed by atoms with Crippen LogP contribution in [-0.4, -0.2) is 12.5 Å². The standard InChI is InChI=1S/C16H16N2O/c17-11-12-4-3-6-14(10-12)16(19)18-9-8-13-5-1-2-7-15(13)18/h1-7,10H,8-9,11,17H2. The number of anilines is 1. The highest BCUT2D eigenvalue weighted by atomic mass is 16.2. The molecule has 96 valence electrons. The Balaban J connectivity index is 1.93. The Morgan fingerprint density at radius 1 is 1.16 bits per heavy atom. The molecule has 2 N–H and O–H groups in total. The molecule has 1 heterocycles. The van der Waals surface area contributed by atoms with Crippen LogP contribution in [0.4, 0.5) is 5.69 Å². The molecule has 3 nitrogen and oxygen atoms in total. The van der Waals surface area contributed by atoms with Crippen molar-refractivity contribution in [2.45, 2.75) is 13.0 Å². The third-order valence-electron chi connectivity index (χ3n) is 3.54. The van der Waals surface area contributed by atoms with Crippen molar-refractivity contribution in [1.29, 1.82) is 0 Å². The van der Waals surface area contributed by atoms with Gasteiger partial charge in [0, 0.05) is 24.3 Å². The zero-order valence-electron chi connectivity index (χ0n) is 10.7. The summed E-state index contributed by atoms with van der Waals surface area (Å²) in [5.41, 5.74) is 9.59. The summed E-state index contributed by atoms with van der Waals surface area (Å²) in [7, 11) is 0.